The number of hydrogen-bond acceptors (Lipinski definition) is 1. The summed E-state index contributed by atoms with van der Waals surface area (Å²) in [6.07, 6.45) is 0. The van der Waals surface area contributed by atoms with Gasteiger partial charge in [0.2, 0.25) is 0 Å². The van der Waals surface area contributed by atoms with Crippen LogP contribution in [0.4, 0.5) is 4.39 Å². The Kier molecular flexibility index (Phi) is 36.0. The van der Waals surface area contributed by atoms with Crippen molar-refractivity contribution >= 4 is 0 Å². The smallest absolute Gasteiger partial charge is 0.0320 e. The van der Waals surface area contributed by atoms with E-state index in [1.54, 1.807) is 0 Å². The zero-order chi connectivity index (χ0) is 4.12. The van der Waals surface area contributed by atoms with Crippen LogP contribution >= 0.6 is 0 Å². The van der Waals surface area contributed by atoms with Crippen LogP contribution in [0.1, 0.15) is 0 Å². The Labute approximate surface area is 93.5 Å². The molecule has 38 valence electrons. The first-order chi connectivity index (χ1) is 2.41. The summed E-state index contributed by atoms with van der Waals surface area (Å²) in [6.45, 7) is 0.556. The van der Waals surface area contributed by atoms with E-state index in [4.69, 9.17) is 0 Å². The molecule has 0 spiro atoms. The maximum atomic E-state index is 10.7. The number of rotatable bonds is 2. The second-order valence-corrected chi connectivity index (χ2v) is 0.610. The van der Waals surface area contributed by atoms with Crippen LogP contribution in [-0.2, 0) is 70.2 Å². The quantitative estimate of drug-likeness (QED) is 0.662. The fourth-order valence-corrected chi connectivity index (χ4v) is 0.0630. The van der Waals surface area contributed by atoms with Gasteiger partial charge in [0.05, 0.1) is 0 Å². The van der Waals surface area contributed by atoms with E-state index >= 15 is 0 Å². The van der Waals surface area contributed by atoms with Crippen LogP contribution in [0, 0.1) is 6.67 Å². The van der Waals surface area contributed by atoms with Gasteiger partial charge in [0.25, 0.3) is 0 Å². The van der Waals surface area contributed by atoms with Crippen LogP contribution in [-0.4, -0.2) is 13.7 Å². The fourth-order valence-electron chi connectivity index (χ4n) is 0.0630. The van der Waals surface area contributed by atoms with Gasteiger partial charge in [0.1, 0.15) is 0 Å². The van der Waals surface area contributed by atoms with E-state index in [-0.39, 0.29) is 72.0 Å². The van der Waals surface area contributed by atoms with Crippen LogP contribution in [0.15, 0.2) is 0 Å². The Hall–Kier alpha value is 2.10. The molecule has 0 aromatic carbocycles. The maximum absolute atomic E-state index is 10.7. The predicted octanol–water partition coefficient (Wildman–Crippen LogP) is 0.759. The van der Waals surface area contributed by atoms with E-state index in [1.807, 2.05) is 0 Å². The first-order valence-corrected chi connectivity index (χ1v) is 1.32. The molecule has 0 atom stereocenters. The fraction of sp³-hybridized carbons (Fsp3) is 0.667. The maximum Gasteiger partial charge on any atom is 0.0320 e. The van der Waals surface area contributed by atoms with E-state index in [1.165, 1.54) is 7.11 Å². The minimum Gasteiger partial charge on any atom is -0.457 e. The van der Waals surface area contributed by atoms with Crippen LogP contribution < -0.4 is 0 Å². The van der Waals surface area contributed by atoms with Crippen molar-refractivity contribution in [1.82, 2.24) is 0 Å². The molecule has 0 fully saturated rings. The van der Waals surface area contributed by atoms with Crippen molar-refractivity contribution in [2.24, 2.45) is 0 Å². The Morgan fingerprint density at radius 2 is 2.00 bits per heavy atom. The van der Waals surface area contributed by atoms with Gasteiger partial charge in [0.15, 0.2) is 0 Å². The molecule has 0 bridgehead atoms. The standard InChI is InChI=1S/C3H6FO.2Y/c1-5-3-2-4;;/h2H,3H2,1H3;;/q-1;;. The number of methoxy groups -OCH3 is 1. The molecule has 0 saturated heterocycles. The van der Waals surface area contributed by atoms with Crippen LogP contribution in [0.3, 0.4) is 0 Å². The molecular formula is C3H6FOY2-. The topological polar surface area (TPSA) is 9.23 Å². The Morgan fingerprint density at radius 3 is 2.00 bits per heavy atom. The van der Waals surface area contributed by atoms with Gasteiger partial charge < -0.3 is 9.13 Å². The van der Waals surface area contributed by atoms with Gasteiger partial charge in [-0.1, -0.05) is 6.61 Å². The third kappa shape index (κ3) is 17.9. The summed E-state index contributed by atoms with van der Waals surface area (Å²) in [5.74, 6) is 0. The van der Waals surface area contributed by atoms with Crippen molar-refractivity contribution in [2.45, 2.75) is 0 Å². The molecular weight excluding hydrogens is 249 g/mol. The van der Waals surface area contributed by atoms with Gasteiger partial charge in [-0.2, -0.15) is 0 Å². The van der Waals surface area contributed by atoms with Crippen molar-refractivity contribution in [1.29, 1.82) is 0 Å². The second-order valence-electron chi connectivity index (χ2n) is 0.610. The van der Waals surface area contributed by atoms with Crippen molar-refractivity contribution in [3.8, 4) is 0 Å². The third-order valence-corrected chi connectivity index (χ3v) is 0.230. The Morgan fingerprint density at radius 1 is 1.57 bits per heavy atom. The molecule has 0 N–H and O–H groups in total. The van der Waals surface area contributed by atoms with Gasteiger partial charge in [-0.05, 0) is 0 Å². The molecule has 0 saturated carbocycles. The summed E-state index contributed by atoms with van der Waals surface area (Å²) >= 11 is 0. The summed E-state index contributed by atoms with van der Waals surface area (Å²) in [5.41, 5.74) is 0. The van der Waals surface area contributed by atoms with Gasteiger partial charge in [-0.15, -0.1) is 6.67 Å². The van der Waals surface area contributed by atoms with Crippen molar-refractivity contribution in [3.63, 3.8) is 0 Å². The van der Waals surface area contributed by atoms with E-state index in [9.17, 15) is 4.39 Å². The van der Waals surface area contributed by atoms with E-state index in [0.717, 1.165) is 0 Å². The van der Waals surface area contributed by atoms with E-state index < -0.39 is 0 Å². The molecule has 0 rings (SSSR count). The Balaban J connectivity index is -0.0000000800. The zero-order valence-electron chi connectivity index (χ0n) is 4.23. The van der Waals surface area contributed by atoms with Crippen LogP contribution in [0.2, 0.25) is 0 Å². The molecule has 0 aromatic heterocycles. The van der Waals surface area contributed by atoms with Crippen LogP contribution in [0.5, 0.6) is 0 Å². The van der Waals surface area contributed by atoms with E-state index in [2.05, 4.69) is 4.74 Å². The third-order valence-electron chi connectivity index (χ3n) is 0.230. The summed E-state index contributed by atoms with van der Waals surface area (Å²) in [6, 6.07) is 0. The average molecular weight is 255 g/mol. The summed E-state index contributed by atoms with van der Waals surface area (Å²) in [4.78, 5) is 0. The van der Waals surface area contributed by atoms with Gasteiger partial charge in [0, 0.05) is 72.5 Å². The largest absolute Gasteiger partial charge is 0.457 e. The molecule has 0 aliphatic carbocycles. The monoisotopic (exact) mass is 255 g/mol. The molecule has 0 amide bonds. The van der Waals surface area contributed by atoms with Crippen molar-refractivity contribution in [3.05, 3.63) is 6.67 Å². The predicted molar refractivity (Wildman–Crippen MR) is 17.3 cm³/mol. The minimum absolute atomic E-state index is 0. The molecule has 2 radical (unpaired) electrons. The summed E-state index contributed by atoms with van der Waals surface area (Å²) in [5, 5.41) is 0. The molecule has 0 aliphatic rings. The normalized spacial score (nSPS) is 6.00. The van der Waals surface area contributed by atoms with Gasteiger partial charge >= 0.3 is 0 Å². The molecule has 0 unspecified atom stereocenters. The average Bonchev–Trinajstić information content (AvgIpc) is 1.41. The van der Waals surface area contributed by atoms with Gasteiger partial charge in [-0.25, -0.2) is 0 Å². The number of halogens is 1. The van der Waals surface area contributed by atoms with Gasteiger partial charge in [-0.3, -0.25) is 0 Å². The zero-order valence-corrected chi connectivity index (χ0v) is 9.90. The number of ether oxygens (including phenoxy) is 1. The summed E-state index contributed by atoms with van der Waals surface area (Å²) < 4.78 is 15.0. The SMILES string of the molecule is COC[CH-]F.[Y].[Y]. The molecule has 0 aliphatic heterocycles. The summed E-state index contributed by atoms with van der Waals surface area (Å²) in [7, 11) is 1.44. The molecule has 1 nitrogen and oxygen atoms in total. The number of hydrogen-bond donors (Lipinski definition) is 0. The molecule has 0 aromatic rings. The van der Waals surface area contributed by atoms with E-state index in [0.29, 0.717) is 6.67 Å². The second kappa shape index (κ2) is 15.7. The minimum atomic E-state index is 0. The Bertz CT molecular complexity index is 20.4. The molecule has 4 heteroatoms. The first kappa shape index (κ1) is 16.0. The van der Waals surface area contributed by atoms with Crippen molar-refractivity contribution < 1.29 is 74.5 Å². The molecule has 7 heavy (non-hydrogen) atoms. The molecule has 0 heterocycles. The first-order valence-electron chi connectivity index (χ1n) is 1.32. The van der Waals surface area contributed by atoms with Crippen LogP contribution in [0.25, 0.3) is 0 Å². The van der Waals surface area contributed by atoms with Crippen molar-refractivity contribution in [2.75, 3.05) is 13.7 Å².